The molecule has 0 amide bonds. The first kappa shape index (κ1) is 23.7. The molecular formula is C29H32N2O3. The number of nitrogens with one attached hydrogen (secondary N) is 1. The van der Waals surface area contributed by atoms with Crippen LogP contribution in [0, 0.1) is 11.3 Å². The Morgan fingerprint density at radius 1 is 0.882 bits per heavy atom. The standard InChI is InChI=1S/C29H32N2O3/c1-32-28-16-24(17-29(33-2)27(28)19-31-23-12-4-3-5-13-23)34-20-22-11-7-9-15-26(22)25-14-8-6-10-21(25)18-30/h6-11,14-17,23,31H,3-5,12-13,19-20H2,1-2H3. The van der Waals surface area contributed by atoms with Crippen molar-refractivity contribution in [3.05, 3.63) is 77.4 Å². The molecule has 0 unspecified atom stereocenters. The van der Waals surface area contributed by atoms with Crippen molar-refractivity contribution >= 4 is 0 Å². The summed E-state index contributed by atoms with van der Waals surface area (Å²) in [6.07, 6.45) is 6.36. The average Bonchev–Trinajstić information content (AvgIpc) is 2.91. The average molecular weight is 457 g/mol. The molecule has 0 atom stereocenters. The van der Waals surface area contributed by atoms with Crippen molar-refractivity contribution in [3.8, 4) is 34.4 Å². The SMILES string of the molecule is COc1cc(OCc2ccccc2-c2ccccc2C#N)cc(OC)c1CNC1CCCCC1. The van der Waals surface area contributed by atoms with Crippen LogP contribution in [0.3, 0.4) is 0 Å². The molecule has 5 nitrogen and oxygen atoms in total. The van der Waals surface area contributed by atoms with Gasteiger partial charge in [0.05, 0.1) is 31.4 Å². The summed E-state index contributed by atoms with van der Waals surface area (Å²) in [5.74, 6) is 2.18. The lowest BCUT2D eigenvalue weighted by Gasteiger charge is -2.24. The molecule has 0 aromatic heterocycles. The second-order valence-electron chi connectivity index (χ2n) is 8.63. The van der Waals surface area contributed by atoms with Crippen molar-refractivity contribution in [2.45, 2.75) is 51.3 Å². The van der Waals surface area contributed by atoms with E-state index in [4.69, 9.17) is 14.2 Å². The van der Waals surface area contributed by atoms with Gasteiger partial charge in [0.25, 0.3) is 0 Å². The second kappa shape index (κ2) is 11.6. The number of benzene rings is 3. The van der Waals surface area contributed by atoms with Gasteiger partial charge < -0.3 is 19.5 Å². The summed E-state index contributed by atoms with van der Waals surface area (Å²) in [4.78, 5) is 0. The molecule has 5 heteroatoms. The minimum Gasteiger partial charge on any atom is -0.496 e. The van der Waals surface area contributed by atoms with Crippen LogP contribution >= 0.6 is 0 Å². The Balaban J connectivity index is 1.53. The zero-order valence-electron chi connectivity index (χ0n) is 20.0. The van der Waals surface area contributed by atoms with E-state index >= 15 is 0 Å². The smallest absolute Gasteiger partial charge is 0.130 e. The summed E-state index contributed by atoms with van der Waals surface area (Å²) in [6, 6.07) is 22.3. The Morgan fingerprint density at radius 3 is 2.21 bits per heavy atom. The number of nitrogens with zero attached hydrogens (tertiary/aromatic N) is 1. The number of nitriles is 1. The van der Waals surface area contributed by atoms with Crippen molar-refractivity contribution in [1.29, 1.82) is 5.26 Å². The first-order valence-corrected chi connectivity index (χ1v) is 11.9. The van der Waals surface area contributed by atoms with Gasteiger partial charge in [-0.05, 0) is 35.6 Å². The van der Waals surface area contributed by atoms with Gasteiger partial charge in [0.1, 0.15) is 23.9 Å². The van der Waals surface area contributed by atoms with E-state index in [1.54, 1.807) is 14.2 Å². The molecule has 34 heavy (non-hydrogen) atoms. The van der Waals surface area contributed by atoms with Crippen LogP contribution in [0.1, 0.15) is 48.8 Å². The number of methoxy groups -OCH3 is 2. The molecule has 1 aliphatic rings. The third-order valence-corrected chi connectivity index (χ3v) is 6.50. The molecule has 1 N–H and O–H groups in total. The Kier molecular flexibility index (Phi) is 8.06. The van der Waals surface area contributed by atoms with Crippen molar-refractivity contribution in [1.82, 2.24) is 5.32 Å². The Labute approximate surface area is 202 Å². The normalized spacial score (nSPS) is 13.8. The largest absolute Gasteiger partial charge is 0.496 e. The van der Waals surface area contributed by atoms with E-state index in [-0.39, 0.29) is 0 Å². The molecule has 1 fully saturated rings. The molecule has 3 aromatic carbocycles. The van der Waals surface area contributed by atoms with Crippen LogP contribution < -0.4 is 19.5 Å². The van der Waals surface area contributed by atoms with E-state index in [1.165, 1.54) is 32.1 Å². The first-order chi connectivity index (χ1) is 16.7. The molecule has 1 aliphatic carbocycles. The van der Waals surface area contributed by atoms with Gasteiger partial charge in [0.2, 0.25) is 0 Å². The maximum absolute atomic E-state index is 9.53. The van der Waals surface area contributed by atoms with Gasteiger partial charge in [-0.1, -0.05) is 61.7 Å². The second-order valence-corrected chi connectivity index (χ2v) is 8.63. The van der Waals surface area contributed by atoms with E-state index in [0.717, 1.165) is 33.8 Å². The quantitative estimate of drug-likeness (QED) is 0.413. The fraction of sp³-hybridized carbons (Fsp3) is 0.345. The highest BCUT2D eigenvalue weighted by Gasteiger charge is 2.18. The number of hydrogen-bond acceptors (Lipinski definition) is 5. The molecule has 176 valence electrons. The van der Waals surface area contributed by atoms with E-state index in [2.05, 4.69) is 11.4 Å². The summed E-state index contributed by atoms with van der Waals surface area (Å²) in [5.41, 5.74) is 4.56. The summed E-state index contributed by atoms with van der Waals surface area (Å²) in [6.45, 7) is 1.06. The molecule has 1 saturated carbocycles. The maximum Gasteiger partial charge on any atom is 0.130 e. The van der Waals surface area contributed by atoms with Crippen molar-refractivity contribution in [3.63, 3.8) is 0 Å². The van der Waals surface area contributed by atoms with Crippen LogP contribution in [-0.2, 0) is 13.2 Å². The lowest BCUT2D eigenvalue weighted by molar-refractivity contribution is 0.299. The van der Waals surface area contributed by atoms with Crippen molar-refractivity contribution in [2.24, 2.45) is 0 Å². The molecule has 0 bridgehead atoms. The zero-order valence-corrected chi connectivity index (χ0v) is 20.0. The van der Waals surface area contributed by atoms with E-state index in [1.807, 2.05) is 60.7 Å². The van der Waals surface area contributed by atoms with Gasteiger partial charge in [-0.3, -0.25) is 0 Å². The lowest BCUT2D eigenvalue weighted by atomic mass is 9.95. The van der Waals surface area contributed by atoms with E-state index in [9.17, 15) is 5.26 Å². The monoisotopic (exact) mass is 456 g/mol. The van der Waals surface area contributed by atoms with Crippen molar-refractivity contribution < 1.29 is 14.2 Å². The van der Waals surface area contributed by atoms with Crippen molar-refractivity contribution in [2.75, 3.05) is 14.2 Å². The first-order valence-electron chi connectivity index (χ1n) is 11.9. The van der Waals surface area contributed by atoms with Crippen LogP contribution in [0.25, 0.3) is 11.1 Å². The summed E-state index contributed by atoms with van der Waals surface area (Å²) in [7, 11) is 3.35. The highest BCUT2D eigenvalue weighted by Crippen LogP contribution is 2.35. The van der Waals surface area contributed by atoms with Gasteiger partial charge in [0, 0.05) is 24.7 Å². The fourth-order valence-corrected chi connectivity index (χ4v) is 4.66. The van der Waals surface area contributed by atoms with E-state index < -0.39 is 0 Å². The maximum atomic E-state index is 9.53. The Hall–Kier alpha value is -3.49. The Bertz CT molecular complexity index is 1120. The molecule has 0 spiro atoms. The van der Waals surface area contributed by atoms with Gasteiger partial charge in [-0.25, -0.2) is 0 Å². The van der Waals surface area contributed by atoms with Gasteiger partial charge in [-0.2, -0.15) is 5.26 Å². The third-order valence-electron chi connectivity index (χ3n) is 6.50. The summed E-state index contributed by atoms with van der Waals surface area (Å²) < 4.78 is 17.6. The predicted octanol–water partition coefficient (Wildman–Crippen LogP) is 6.24. The number of ether oxygens (including phenoxy) is 3. The van der Waals surface area contributed by atoms with Crippen LogP contribution in [-0.4, -0.2) is 20.3 Å². The topological polar surface area (TPSA) is 63.5 Å². The number of rotatable bonds is 9. The predicted molar refractivity (Wildman–Crippen MR) is 134 cm³/mol. The van der Waals surface area contributed by atoms with Gasteiger partial charge in [-0.15, -0.1) is 0 Å². The molecule has 0 radical (unpaired) electrons. The van der Waals surface area contributed by atoms with Crippen LogP contribution in [0.4, 0.5) is 0 Å². The fourth-order valence-electron chi connectivity index (χ4n) is 4.66. The molecule has 0 aliphatic heterocycles. The Morgan fingerprint density at radius 2 is 1.53 bits per heavy atom. The lowest BCUT2D eigenvalue weighted by Crippen LogP contribution is -2.30. The third kappa shape index (κ3) is 5.52. The summed E-state index contributed by atoms with van der Waals surface area (Å²) in [5, 5.41) is 13.2. The molecule has 3 aromatic rings. The highest BCUT2D eigenvalue weighted by molar-refractivity contribution is 5.73. The molecular weight excluding hydrogens is 424 g/mol. The molecule has 0 saturated heterocycles. The van der Waals surface area contributed by atoms with Gasteiger partial charge >= 0.3 is 0 Å². The molecule has 4 rings (SSSR count). The minimum absolute atomic E-state index is 0.363. The van der Waals surface area contributed by atoms with Crippen LogP contribution in [0.5, 0.6) is 17.2 Å². The number of hydrogen-bond donors (Lipinski definition) is 1. The highest BCUT2D eigenvalue weighted by atomic mass is 16.5. The van der Waals surface area contributed by atoms with Crippen LogP contribution in [0.15, 0.2) is 60.7 Å². The molecule has 0 heterocycles. The van der Waals surface area contributed by atoms with Gasteiger partial charge in [0.15, 0.2) is 0 Å². The van der Waals surface area contributed by atoms with E-state index in [0.29, 0.717) is 30.5 Å². The minimum atomic E-state index is 0.363. The zero-order chi connectivity index (χ0) is 23.8. The van der Waals surface area contributed by atoms with Crippen LogP contribution in [0.2, 0.25) is 0 Å². The summed E-state index contributed by atoms with van der Waals surface area (Å²) >= 11 is 0.